The van der Waals surface area contributed by atoms with Crippen molar-refractivity contribution in [1.29, 1.82) is 0 Å². The molecule has 1 amide bonds. The van der Waals surface area contributed by atoms with Crippen LogP contribution in [0.3, 0.4) is 0 Å². The Morgan fingerprint density at radius 1 is 1.27 bits per heavy atom. The number of aromatic amines is 1. The molecule has 1 heterocycles. The number of unbranched alkanes of at least 4 members (excludes halogenated alkanes) is 1. The predicted molar refractivity (Wildman–Crippen MR) is 123 cm³/mol. The van der Waals surface area contributed by atoms with E-state index < -0.39 is 28.9 Å². The van der Waals surface area contributed by atoms with Crippen LogP contribution in [0, 0.1) is 5.92 Å². The molecule has 0 aliphatic rings. The molecule has 2 rings (SSSR count). The molecule has 10 heteroatoms. The molecule has 33 heavy (non-hydrogen) atoms. The lowest BCUT2D eigenvalue weighted by atomic mass is 10.1. The van der Waals surface area contributed by atoms with Crippen LogP contribution in [0.15, 0.2) is 39.9 Å². The van der Waals surface area contributed by atoms with Crippen molar-refractivity contribution in [3.8, 4) is 0 Å². The number of nitrogen functional groups attached to an aromatic ring is 1. The molecule has 0 spiro atoms. The van der Waals surface area contributed by atoms with Gasteiger partial charge >= 0.3 is 11.9 Å². The molecule has 2 aromatic rings. The van der Waals surface area contributed by atoms with Gasteiger partial charge in [-0.05, 0) is 42.5 Å². The highest BCUT2D eigenvalue weighted by atomic mass is 19.4. The van der Waals surface area contributed by atoms with Crippen molar-refractivity contribution in [3.63, 3.8) is 0 Å². The Bertz CT molecular complexity index is 1120. The Labute approximate surface area is 189 Å². The minimum atomic E-state index is -4.51. The first-order valence-corrected chi connectivity index (χ1v) is 10.7. The molecule has 0 saturated heterocycles. The van der Waals surface area contributed by atoms with Crippen LogP contribution in [-0.4, -0.2) is 22.0 Å². The summed E-state index contributed by atoms with van der Waals surface area (Å²) in [7, 11) is 0. The molecule has 0 atom stereocenters. The summed E-state index contributed by atoms with van der Waals surface area (Å²) in [5.74, 6) is -0.563. The molecule has 7 nitrogen and oxygen atoms in total. The summed E-state index contributed by atoms with van der Waals surface area (Å²) in [5.41, 5.74) is 3.88. The monoisotopic (exact) mass is 466 g/mol. The van der Waals surface area contributed by atoms with E-state index in [1.165, 1.54) is 27.7 Å². The standard InChI is InChI=1S/C23H29F3N4O3/c1-4-5-12-30-20(27)19(21(32)28-22(30)33)29(13-11-15(2)3)18(31)10-9-16-7-6-8-17(14-16)23(24,25)26/h6-10,14-15H,4-5,11-13,27H2,1-3H3,(H,28,32,33)/b10-9+. The number of hydrogen-bond donors (Lipinski definition) is 2. The van der Waals surface area contributed by atoms with Crippen molar-refractivity contribution >= 4 is 23.5 Å². The van der Waals surface area contributed by atoms with E-state index in [0.29, 0.717) is 12.8 Å². The number of aromatic nitrogens is 2. The number of carbonyl (C=O) groups excluding carboxylic acids is 1. The van der Waals surface area contributed by atoms with Crippen molar-refractivity contribution in [2.75, 3.05) is 17.2 Å². The molecular weight excluding hydrogens is 437 g/mol. The van der Waals surface area contributed by atoms with Crippen LogP contribution in [-0.2, 0) is 17.5 Å². The van der Waals surface area contributed by atoms with Gasteiger partial charge in [-0.3, -0.25) is 19.1 Å². The lowest BCUT2D eigenvalue weighted by Crippen LogP contribution is -2.41. The smallest absolute Gasteiger partial charge is 0.383 e. The van der Waals surface area contributed by atoms with Gasteiger partial charge in [-0.25, -0.2) is 4.79 Å². The topological polar surface area (TPSA) is 101 Å². The largest absolute Gasteiger partial charge is 0.416 e. The number of amides is 1. The maximum atomic E-state index is 13.0. The van der Waals surface area contributed by atoms with Gasteiger partial charge in [0.25, 0.3) is 11.5 Å². The van der Waals surface area contributed by atoms with Gasteiger partial charge in [-0.1, -0.05) is 39.3 Å². The highest BCUT2D eigenvalue weighted by Crippen LogP contribution is 2.29. The van der Waals surface area contributed by atoms with Gasteiger partial charge < -0.3 is 10.6 Å². The van der Waals surface area contributed by atoms with Gasteiger partial charge in [0.15, 0.2) is 5.69 Å². The van der Waals surface area contributed by atoms with Gasteiger partial charge in [0.05, 0.1) is 5.56 Å². The second kappa shape index (κ2) is 11.0. The molecular formula is C23H29F3N4O3. The number of rotatable bonds is 9. The summed E-state index contributed by atoms with van der Waals surface area (Å²) in [6, 6.07) is 4.54. The Morgan fingerprint density at radius 2 is 1.97 bits per heavy atom. The second-order valence-electron chi connectivity index (χ2n) is 8.13. The normalized spacial score (nSPS) is 12.0. The zero-order chi connectivity index (χ0) is 24.8. The van der Waals surface area contributed by atoms with Crippen LogP contribution in [0.2, 0.25) is 0 Å². The van der Waals surface area contributed by atoms with Crippen LogP contribution in [0.4, 0.5) is 24.7 Å². The average Bonchev–Trinajstić information content (AvgIpc) is 2.73. The Kier molecular flexibility index (Phi) is 8.67. The van der Waals surface area contributed by atoms with Crippen LogP contribution >= 0.6 is 0 Å². The van der Waals surface area contributed by atoms with Crippen LogP contribution in [0.5, 0.6) is 0 Å². The van der Waals surface area contributed by atoms with E-state index in [2.05, 4.69) is 4.98 Å². The minimum Gasteiger partial charge on any atom is -0.383 e. The molecule has 1 aromatic carbocycles. The van der Waals surface area contributed by atoms with Crippen LogP contribution < -0.4 is 21.9 Å². The zero-order valence-electron chi connectivity index (χ0n) is 18.9. The predicted octanol–water partition coefficient (Wildman–Crippen LogP) is 4.03. The highest BCUT2D eigenvalue weighted by Gasteiger charge is 2.30. The number of alkyl halides is 3. The van der Waals surface area contributed by atoms with Gasteiger partial charge in [-0.2, -0.15) is 13.2 Å². The third kappa shape index (κ3) is 6.84. The van der Waals surface area contributed by atoms with Crippen molar-refractivity contribution in [1.82, 2.24) is 9.55 Å². The molecule has 0 saturated carbocycles. The summed E-state index contributed by atoms with van der Waals surface area (Å²) in [6.45, 7) is 6.23. The van der Waals surface area contributed by atoms with Gasteiger partial charge in [0.2, 0.25) is 0 Å². The van der Waals surface area contributed by atoms with Gasteiger partial charge in [0, 0.05) is 19.2 Å². The summed E-state index contributed by atoms with van der Waals surface area (Å²) in [5, 5.41) is 0. The van der Waals surface area contributed by atoms with Gasteiger partial charge in [0.1, 0.15) is 5.82 Å². The summed E-state index contributed by atoms with van der Waals surface area (Å²) in [6.07, 6.45) is -0.199. The lowest BCUT2D eigenvalue weighted by Gasteiger charge is -2.24. The molecule has 0 radical (unpaired) electrons. The van der Waals surface area contributed by atoms with Crippen LogP contribution in [0.25, 0.3) is 6.08 Å². The first kappa shape index (κ1) is 26.0. The number of anilines is 2. The van der Waals surface area contributed by atoms with Gasteiger partial charge in [-0.15, -0.1) is 0 Å². The number of H-pyrrole nitrogens is 1. The first-order chi connectivity index (χ1) is 15.5. The molecule has 3 N–H and O–H groups in total. The fraction of sp³-hybridized carbons (Fsp3) is 0.435. The number of hydrogen-bond acceptors (Lipinski definition) is 4. The minimum absolute atomic E-state index is 0.123. The van der Waals surface area contributed by atoms with E-state index >= 15 is 0 Å². The molecule has 0 bridgehead atoms. The van der Waals surface area contributed by atoms with E-state index in [-0.39, 0.29) is 36.1 Å². The first-order valence-electron chi connectivity index (χ1n) is 10.7. The Hall–Kier alpha value is -3.30. The Morgan fingerprint density at radius 3 is 2.58 bits per heavy atom. The summed E-state index contributed by atoms with van der Waals surface area (Å²) >= 11 is 0. The number of nitrogens with two attached hydrogens (primary N) is 1. The summed E-state index contributed by atoms with van der Waals surface area (Å²) in [4.78, 5) is 41.3. The van der Waals surface area contributed by atoms with Crippen molar-refractivity contribution in [2.24, 2.45) is 5.92 Å². The lowest BCUT2D eigenvalue weighted by molar-refractivity contribution is -0.137. The van der Waals surface area contributed by atoms with Crippen molar-refractivity contribution in [2.45, 2.75) is 52.8 Å². The molecule has 0 aliphatic heterocycles. The maximum absolute atomic E-state index is 13.0. The van der Waals surface area contributed by atoms with E-state index in [1.807, 2.05) is 20.8 Å². The van der Waals surface area contributed by atoms with Crippen molar-refractivity contribution in [3.05, 3.63) is 62.3 Å². The molecule has 0 fully saturated rings. The fourth-order valence-corrected chi connectivity index (χ4v) is 3.17. The molecule has 180 valence electrons. The average molecular weight is 467 g/mol. The Balaban J connectivity index is 2.47. The number of nitrogens with zero attached hydrogens (tertiary/aromatic N) is 2. The maximum Gasteiger partial charge on any atom is 0.416 e. The van der Waals surface area contributed by atoms with E-state index in [4.69, 9.17) is 5.73 Å². The molecule has 1 aromatic heterocycles. The van der Waals surface area contributed by atoms with E-state index in [1.54, 1.807) is 0 Å². The zero-order valence-corrected chi connectivity index (χ0v) is 18.9. The summed E-state index contributed by atoms with van der Waals surface area (Å²) < 4.78 is 40.1. The van der Waals surface area contributed by atoms with E-state index in [9.17, 15) is 27.6 Å². The van der Waals surface area contributed by atoms with Crippen LogP contribution in [0.1, 0.15) is 51.2 Å². The molecule has 0 aliphatic carbocycles. The SMILES string of the molecule is CCCCn1c(N)c(N(CCC(C)C)C(=O)/C=C/c2cccc(C(F)(F)F)c2)c(=O)[nH]c1=O. The molecule has 0 unspecified atom stereocenters. The fourth-order valence-electron chi connectivity index (χ4n) is 3.17. The third-order valence-electron chi connectivity index (χ3n) is 5.05. The number of carbonyl (C=O) groups is 1. The quantitative estimate of drug-likeness (QED) is 0.545. The number of halogens is 3. The van der Waals surface area contributed by atoms with Crippen molar-refractivity contribution < 1.29 is 18.0 Å². The number of nitrogens with one attached hydrogen (secondary N) is 1. The van der Waals surface area contributed by atoms with E-state index in [0.717, 1.165) is 24.6 Å². The third-order valence-corrected chi connectivity index (χ3v) is 5.05. The second-order valence-corrected chi connectivity index (χ2v) is 8.13. The number of benzene rings is 1. The highest BCUT2D eigenvalue weighted by molar-refractivity contribution is 6.05.